The third kappa shape index (κ3) is 2.37. The molecule has 2 nitrogen and oxygen atoms in total. The molecule has 1 aliphatic rings. The van der Waals surface area contributed by atoms with E-state index in [-0.39, 0.29) is 5.91 Å². The first-order valence-corrected chi connectivity index (χ1v) is 6.60. The Morgan fingerprint density at radius 3 is 3.07 bits per heavy atom. The van der Waals surface area contributed by atoms with Gasteiger partial charge in [-0.1, -0.05) is 13.3 Å². The van der Waals surface area contributed by atoms with Crippen LogP contribution in [0.3, 0.4) is 0 Å². The summed E-state index contributed by atoms with van der Waals surface area (Å²) in [7, 11) is 0. The molecule has 0 spiro atoms. The molecule has 1 aromatic rings. The zero-order valence-corrected chi connectivity index (χ0v) is 10.5. The number of amides is 1. The number of nitrogens with zero attached hydrogens (tertiary/aromatic N) is 1. The number of rotatable bonds is 2. The molecule has 1 aromatic heterocycles. The lowest BCUT2D eigenvalue weighted by Gasteiger charge is -2.14. The molecule has 1 fully saturated rings. The Morgan fingerprint density at radius 2 is 2.53 bits per heavy atom. The number of hydrogen-bond acceptors (Lipinski definition) is 3. The average molecular weight is 241 g/mol. The second-order valence-corrected chi connectivity index (χ2v) is 5.41. The summed E-state index contributed by atoms with van der Waals surface area (Å²) in [5, 5.41) is 1.91. The Labute approximate surface area is 99.7 Å². The number of carbonyl (C=O) groups excluding carboxylic acids is 1. The van der Waals surface area contributed by atoms with Crippen molar-refractivity contribution in [3.8, 4) is 0 Å². The monoisotopic (exact) mass is 241 g/mol. The summed E-state index contributed by atoms with van der Waals surface area (Å²) in [6, 6.07) is 1.86. The van der Waals surface area contributed by atoms with Crippen LogP contribution in [0.15, 0.2) is 16.3 Å². The third-order valence-corrected chi connectivity index (χ3v) is 4.30. The Kier molecular flexibility index (Phi) is 3.36. The van der Waals surface area contributed by atoms with Crippen LogP contribution in [0.2, 0.25) is 0 Å². The van der Waals surface area contributed by atoms with E-state index in [1.165, 1.54) is 17.8 Å². The van der Waals surface area contributed by atoms with E-state index in [0.717, 1.165) is 29.3 Å². The lowest BCUT2D eigenvalue weighted by Crippen LogP contribution is -2.27. The first-order valence-electron chi connectivity index (χ1n) is 5.27. The molecule has 1 amide bonds. The highest BCUT2D eigenvalue weighted by Gasteiger charge is 2.26. The summed E-state index contributed by atoms with van der Waals surface area (Å²) in [4.78, 5) is 15.7. The van der Waals surface area contributed by atoms with Crippen molar-refractivity contribution in [2.45, 2.75) is 24.7 Å². The lowest BCUT2D eigenvalue weighted by atomic mass is 10.1. The highest BCUT2D eigenvalue weighted by Crippen LogP contribution is 2.24. The predicted molar refractivity (Wildman–Crippen MR) is 65.9 cm³/mol. The quantitative estimate of drug-likeness (QED) is 0.789. The summed E-state index contributed by atoms with van der Waals surface area (Å²) < 4.78 is 0. The van der Waals surface area contributed by atoms with Crippen LogP contribution in [-0.2, 0) is 0 Å². The van der Waals surface area contributed by atoms with Crippen LogP contribution in [0.1, 0.15) is 29.4 Å². The van der Waals surface area contributed by atoms with Gasteiger partial charge in [-0.25, -0.2) is 0 Å². The molecular weight excluding hydrogens is 226 g/mol. The Bertz CT molecular complexity index is 361. The van der Waals surface area contributed by atoms with Gasteiger partial charge < -0.3 is 4.90 Å². The molecule has 0 radical (unpaired) electrons. The second kappa shape index (κ2) is 4.58. The molecule has 0 aromatic carbocycles. The largest absolute Gasteiger partial charge is 0.338 e. The number of thiol groups is 1. The minimum atomic E-state index is 0.177. The molecule has 4 heteroatoms. The first-order chi connectivity index (χ1) is 7.20. The molecule has 15 heavy (non-hydrogen) atoms. The number of carbonyl (C=O) groups is 1. The summed E-state index contributed by atoms with van der Waals surface area (Å²) in [6.07, 6.45) is 2.33. The highest BCUT2D eigenvalue weighted by molar-refractivity contribution is 7.80. The highest BCUT2D eigenvalue weighted by atomic mass is 32.1. The van der Waals surface area contributed by atoms with E-state index < -0.39 is 0 Å². The fraction of sp³-hybridized carbons (Fsp3) is 0.545. The average Bonchev–Trinajstić information content (AvgIpc) is 2.84. The molecule has 2 heterocycles. The zero-order chi connectivity index (χ0) is 10.8. The van der Waals surface area contributed by atoms with Crippen LogP contribution in [0.4, 0.5) is 0 Å². The molecule has 0 saturated carbocycles. The number of likely N-dealkylation sites (tertiary alicyclic amines) is 1. The van der Waals surface area contributed by atoms with E-state index in [0.29, 0.717) is 5.92 Å². The van der Waals surface area contributed by atoms with Gasteiger partial charge in [-0.2, -0.15) is 0 Å². The minimum Gasteiger partial charge on any atom is -0.338 e. The van der Waals surface area contributed by atoms with E-state index in [2.05, 4.69) is 19.6 Å². The van der Waals surface area contributed by atoms with Crippen molar-refractivity contribution >= 4 is 29.9 Å². The van der Waals surface area contributed by atoms with Gasteiger partial charge in [0.1, 0.15) is 0 Å². The molecule has 0 N–H and O–H groups in total. The summed E-state index contributed by atoms with van der Waals surface area (Å²) in [6.45, 7) is 4.03. The van der Waals surface area contributed by atoms with Crippen molar-refractivity contribution in [2.75, 3.05) is 13.1 Å². The molecular formula is C11H15NOS2. The maximum atomic E-state index is 12.0. The zero-order valence-electron chi connectivity index (χ0n) is 8.77. The maximum Gasteiger partial charge on any atom is 0.263 e. The van der Waals surface area contributed by atoms with Gasteiger partial charge in [-0.3, -0.25) is 4.79 Å². The standard InChI is InChI=1S/C11H15NOS2/c1-2-8-3-4-12(6-8)11(13)10-5-9(14)7-15-10/h5,7-8,14H,2-4,6H2,1H3. The molecule has 2 rings (SSSR count). The van der Waals surface area contributed by atoms with Gasteiger partial charge in [0.15, 0.2) is 0 Å². The molecule has 1 atom stereocenters. The Balaban J connectivity index is 2.03. The first kappa shape index (κ1) is 11.0. The normalized spacial score (nSPS) is 20.9. The molecule has 82 valence electrons. The lowest BCUT2D eigenvalue weighted by molar-refractivity contribution is 0.0791. The van der Waals surface area contributed by atoms with E-state index >= 15 is 0 Å². The summed E-state index contributed by atoms with van der Waals surface area (Å²) in [5.41, 5.74) is 0. The van der Waals surface area contributed by atoms with Crippen molar-refractivity contribution < 1.29 is 4.79 Å². The van der Waals surface area contributed by atoms with Crippen molar-refractivity contribution in [1.29, 1.82) is 0 Å². The van der Waals surface area contributed by atoms with Gasteiger partial charge in [-0.05, 0) is 18.4 Å². The topological polar surface area (TPSA) is 20.3 Å². The van der Waals surface area contributed by atoms with Gasteiger partial charge in [-0.15, -0.1) is 24.0 Å². The Hall–Kier alpha value is -0.480. The third-order valence-electron chi connectivity index (χ3n) is 2.95. The summed E-state index contributed by atoms with van der Waals surface area (Å²) in [5.74, 6) is 0.876. The van der Waals surface area contributed by atoms with Crippen LogP contribution in [0, 0.1) is 5.92 Å². The van der Waals surface area contributed by atoms with Gasteiger partial charge in [0.25, 0.3) is 5.91 Å². The second-order valence-electron chi connectivity index (χ2n) is 3.98. The predicted octanol–water partition coefficient (Wildman–Crippen LogP) is 2.91. The van der Waals surface area contributed by atoms with E-state index in [1.54, 1.807) is 0 Å². The smallest absolute Gasteiger partial charge is 0.263 e. The maximum absolute atomic E-state index is 12.0. The van der Waals surface area contributed by atoms with Gasteiger partial charge >= 0.3 is 0 Å². The number of hydrogen-bond donors (Lipinski definition) is 1. The van der Waals surface area contributed by atoms with Gasteiger partial charge in [0.05, 0.1) is 4.88 Å². The minimum absolute atomic E-state index is 0.177. The Morgan fingerprint density at radius 1 is 1.73 bits per heavy atom. The van der Waals surface area contributed by atoms with E-state index in [4.69, 9.17) is 0 Å². The van der Waals surface area contributed by atoms with Crippen LogP contribution in [0.25, 0.3) is 0 Å². The van der Waals surface area contributed by atoms with E-state index in [1.807, 2.05) is 16.3 Å². The molecule has 1 saturated heterocycles. The van der Waals surface area contributed by atoms with Crippen molar-refractivity contribution in [3.63, 3.8) is 0 Å². The van der Waals surface area contributed by atoms with Crippen molar-refractivity contribution in [1.82, 2.24) is 4.90 Å². The van der Waals surface area contributed by atoms with Crippen molar-refractivity contribution in [2.24, 2.45) is 5.92 Å². The molecule has 0 bridgehead atoms. The van der Waals surface area contributed by atoms with E-state index in [9.17, 15) is 4.79 Å². The number of thiophene rings is 1. The van der Waals surface area contributed by atoms with Crippen LogP contribution in [0.5, 0.6) is 0 Å². The molecule has 1 aliphatic heterocycles. The van der Waals surface area contributed by atoms with Crippen LogP contribution in [-0.4, -0.2) is 23.9 Å². The van der Waals surface area contributed by atoms with Gasteiger partial charge in [0, 0.05) is 23.4 Å². The van der Waals surface area contributed by atoms with Crippen LogP contribution < -0.4 is 0 Å². The SMILES string of the molecule is CCC1CCN(C(=O)c2cc(S)cs2)C1. The fourth-order valence-corrected chi connectivity index (χ4v) is 3.06. The fourth-order valence-electron chi connectivity index (χ4n) is 1.94. The van der Waals surface area contributed by atoms with Crippen molar-refractivity contribution in [3.05, 3.63) is 16.3 Å². The van der Waals surface area contributed by atoms with Crippen LogP contribution >= 0.6 is 24.0 Å². The molecule has 1 unspecified atom stereocenters. The summed E-state index contributed by atoms with van der Waals surface area (Å²) >= 11 is 5.70. The molecule has 0 aliphatic carbocycles. The van der Waals surface area contributed by atoms with Gasteiger partial charge in [0.2, 0.25) is 0 Å².